The molecule has 1 aliphatic heterocycles. The monoisotopic (exact) mass is 356 g/mol. The lowest BCUT2D eigenvalue weighted by atomic mass is 10.2. The molecule has 0 amide bonds. The summed E-state index contributed by atoms with van der Waals surface area (Å²) in [7, 11) is 0. The van der Waals surface area contributed by atoms with E-state index in [2.05, 4.69) is 45.2 Å². The Morgan fingerprint density at radius 2 is 2.14 bits per heavy atom. The summed E-state index contributed by atoms with van der Waals surface area (Å²) in [6.45, 7) is 9.69. The zero-order chi connectivity index (χ0) is 14.9. The summed E-state index contributed by atoms with van der Waals surface area (Å²) in [5, 5.41) is 3.49. The number of halogens is 1. The number of morpholine rings is 1. The highest BCUT2D eigenvalue weighted by Gasteiger charge is 2.09. The number of rotatable bonds is 8. The van der Waals surface area contributed by atoms with E-state index in [9.17, 15) is 0 Å². The Bertz CT molecular complexity index is 423. The van der Waals surface area contributed by atoms with Crippen molar-refractivity contribution in [2.24, 2.45) is 0 Å². The molecule has 0 atom stereocenters. The van der Waals surface area contributed by atoms with Crippen molar-refractivity contribution < 1.29 is 9.47 Å². The second-order valence-electron chi connectivity index (χ2n) is 5.24. The van der Waals surface area contributed by atoms with E-state index in [-0.39, 0.29) is 0 Å². The van der Waals surface area contributed by atoms with Crippen LogP contribution in [-0.2, 0) is 11.3 Å². The van der Waals surface area contributed by atoms with Crippen molar-refractivity contribution in [2.45, 2.75) is 19.9 Å². The van der Waals surface area contributed by atoms with E-state index in [4.69, 9.17) is 9.47 Å². The summed E-state index contributed by atoms with van der Waals surface area (Å²) in [5.74, 6) is 0.925. The predicted molar refractivity (Wildman–Crippen MR) is 88.9 cm³/mol. The van der Waals surface area contributed by atoms with E-state index in [1.54, 1.807) is 0 Å². The Hall–Kier alpha value is -0.620. The van der Waals surface area contributed by atoms with Crippen LogP contribution in [0.1, 0.15) is 18.9 Å². The lowest BCUT2D eigenvalue weighted by Gasteiger charge is -2.26. The summed E-state index contributed by atoms with van der Waals surface area (Å²) >= 11 is 3.57. The number of ether oxygens (including phenoxy) is 2. The molecule has 1 fully saturated rings. The first-order chi connectivity index (χ1) is 10.3. The highest BCUT2D eigenvalue weighted by Crippen LogP contribution is 2.26. The van der Waals surface area contributed by atoms with Gasteiger partial charge in [0, 0.05) is 32.7 Å². The van der Waals surface area contributed by atoms with Gasteiger partial charge in [0.2, 0.25) is 0 Å². The van der Waals surface area contributed by atoms with Crippen molar-refractivity contribution in [1.29, 1.82) is 0 Å². The van der Waals surface area contributed by atoms with Crippen molar-refractivity contribution in [1.82, 2.24) is 10.2 Å². The highest BCUT2D eigenvalue weighted by molar-refractivity contribution is 9.10. The first kappa shape index (κ1) is 16.7. The van der Waals surface area contributed by atoms with Crippen molar-refractivity contribution in [3.05, 3.63) is 28.2 Å². The Morgan fingerprint density at radius 3 is 2.86 bits per heavy atom. The van der Waals surface area contributed by atoms with Gasteiger partial charge in [-0.15, -0.1) is 0 Å². The van der Waals surface area contributed by atoms with E-state index in [1.807, 2.05) is 6.07 Å². The molecule has 0 radical (unpaired) electrons. The average molecular weight is 357 g/mol. The van der Waals surface area contributed by atoms with Crippen molar-refractivity contribution >= 4 is 15.9 Å². The molecule has 0 saturated carbocycles. The molecule has 1 aromatic carbocycles. The van der Waals surface area contributed by atoms with Gasteiger partial charge in [-0.3, -0.25) is 4.90 Å². The lowest BCUT2D eigenvalue weighted by Crippen LogP contribution is -2.40. The molecule has 4 nitrogen and oxygen atoms in total. The zero-order valence-corrected chi connectivity index (χ0v) is 14.3. The number of nitrogens with zero attached hydrogens (tertiary/aromatic N) is 1. The van der Waals surface area contributed by atoms with Gasteiger partial charge in [-0.2, -0.15) is 0 Å². The van der Waals surface area contributed by atoms with Gasteiger partial charge >= 0.3 is 0 Å². The fraction of sp³-hybridized carbons (Fsp3) is 0.625. The average Bonchev–Trinajstić information content (AvgIpc) is 2.52. The summed E-state index contributed by atoms with van der Waals surface area (Å²) in [5.41, 5.74) is 1.27. The van der Waals surface area contributed by atoms with Crippen LogP contribution in [0.15, 0.2) is 22.7 Å². The Labute approximate surface area is 135 Å². The van der Waals surface area contributed by atoms with Crippen molar-refractivity contribution in [3.8, 4) is 5.75 Å². The molecule has 1 N–H and O–H groups in total. The number of hydrogen-bond donors (Lipinski definition) is 1. The van der Waals surface area contributed by atoms with Crippen LogP contribution in [0, 0.1) is 0 Å². The fourth-order valence-electron chi connectivity index (χ4n) is 2.28. The molecule has 2 rings (SSSR count). The molecular weight excluding hydrogens is 332 g/mol. The van der Waals surface area contributed by atoms with Crippen LogP contribution in [0.3, 0.4) is 0 Å². The number of benzene rings is 1. The smallest absolute Gasteiger partial charge is 0.133 e. The number of hydrogen-bond acceptors (Lipinski definition) is 4. The molecule has 0 bridgehead atoms. The van der Waals surface area contributed by atoms with Gasteiger partial charge < -0.3 is 14.8 Å². The largest absolute Gasteiger partial charge is 0.492 e. The van der Waals surface area contributed by atoms with Crippen molar-refractivity contribution in [3.63, 3.8) is 0 Å². The van der Waals surface area contributed by atoms with Crippen LogP contribution in [0.4, 0.5) is 0 Å². The number of nitrogens with one attached hydrogen (secondary N) is 1. The molecule has 118 valence electrons. The molecular formula is C16H25BrN2O2. The van der Waals surface area contributed by atoms with Gasteiger partial charge in [-0.05, 0) is 40.0 Å². The van der Waals surface area contributed by atoms with E-state index >= 15 is 0 Å². The second-order valence-corrected chi connectivity index (χ2v) is 6.10. The first-order valence-corrected chi connectivity index (χ1v) is 8.51. The zero-order valence-electron chi connectivity index (χ0n) is 12.7. The standard InChI is InChI=1S/C16H25BrN2O2/c1-2-9-21-16-4-3-14(12-15(16)17)13-18-5-6-19-7-10-20-11-8-19/h3-4,12,18H,2,5-11,13H2,1H3. The van der Waals surface area contributed by atoms with Crippen LogP contribution in [0.25, 0.3) is 0 Å². The Balaban J connectivity index is 1.69. The third-order valence-electron chi connectivity index (χ3n) is 3.50. The summed E-state index contributed by atoms with van der Waals surface area (Å²) in [6, 6.07) is 6.29. The maximum Gasteiger partial charge on any atom is 0.133 e. The molecule has 1 saturated heterocycles. The second kappa shape index (κ2) is 9.41. The quantitative estimate of drug-likeness (QED) is 0.726. The minimum atomic E-state index is 0.760. The topological polar surface area (TPSA) is 33.7 Å². The van der Waals surface area contributed by atoms with Gasteiger partial charge in [0.25, 0.3) is 0 Å². The third kappa shape index (κ3) is 5.94. The normalized spacial score (nSPS) is 16.1. The Morgan fingerprint density at radius 1 is 1.33 bits per heavy atom. The molecule has 0 spiro atoms. The maximum atomic E-state index is 5.66. The SMILES string of the molecule is CCCOc1ccc(CNCCN2CCOCC2)cc1Br. The molecule has 1 aliphatic rings. The molecule has 0 aliphatic carbocycles. The van der Waals surface area contributed by atoms with E-state index in [0.29, 0.717) is 0 Å². The fourth-order valence-corrected chi connectivity index (χ4v) is 2.82. The van der Waals surface area contributed by atoms with Crippen molar-refractivity contribution in [2.75, 3.05) is 46.0 Å². The molecule has 1 heterocycles. The van der Waals surface area contributed by atoms with Gasteiger partial charge in [0.05, 0.1) is 24.3 Å². The summed E-state index contributed by atoms with van der Waals surface area (Å²) in [6.07, 6.45) is 1.03. The summed E-state index contributed by atoms with van der Waals surface area (Å²) < 4.78 is 12.0. The van der Waals surface area contributed by atoms with E-state index < -0.39 is 0 Å². The minimum Gasteiger partial charge on any atom is -0.492 e. The van der Waals surface area contributed by atoms with E-state index in [1.165, 1.54) is 5.56 Å². The predicted octanol–water partition coefficient (Wildman–Crippen LogP) is 2.66. The molecule has 0 aromatic heterocycles. The van der Waals surface area contributed by atoms with Crippen LogP contribution in [0.5, 0.6) is 5.75 Å². The summed E-state index contributed by atoms with van der Waals surface area (Å²) in [4.78, 5) is 2.44. The van der Waals surface area contributed by atoms with Crippen LogP contribution in [0.2, 0.25) is 0 Å². The van der Waals surface area contributed by atoms with Crippen LogP contribution in [-0.4, -0.2) is 50.9 Å². The minimum absolute atomic E-state index is 0.760. The molecule has 1 aromatic rings. The lowest BCUT2D eigenvalue weighted by molar-refractivity contribution is 0.0384. The van der Waals surface area contributed by atoms with Crippen LogP contribution >= 0.6 is 15.9 Å². The molecule has 5 heteroatoms. The van der Waals surface area contributed by atoms with Gasteiger partial charge in [-0.25, -0.2) is 0 Å². The highest BCUT2D eigenvalue weighted by atomic mass is 79.9. The molecule has 21 heavy (non-hydrogen) atoms. The van der Waals surface area contributed by atoms with Gasteiger partial charge in [-0.1, -0.05) is 13.0 Å². The maximum absolute atomic E-state index is 5.66. The van der Waals surface area contributed by atoms with Gasteiger partial charge in [0.15, 0.2) is 0 Å². The van der Waals surface area contributed by atoms with E-state index in [0.717, 1.165) is 69.2 Å². The van der Waals surface area contributed by atoms with Gasteiger partial charge in [0.1, 0.15) is 5.75 Å². The Kier molecular flexibility index (Phi) is 7.50. The van der Waals surface area contributed by atoms with Crippen LogP contribution < -0.4 is 10.1 Å². The first-order valence-electron chi connectivity index (χ1n) is 7.71. The third-order valence-corrected chi connectivity index (χ3v) is 4.12. The molecule has 0 unspecified atom stereocenters.